The Labute approximate surface area is 113 Å². The number of hydrogen-bond donors (Lipinski definition) is 2. The monoisotopic (exact) mass is 318 g/mol. The van der Waals surface area contributed by atoms with E-state index in [4.69, 9.17) is 18.0 Å². The van der Waals surface area contributed by atoms with E-state index in [2.05, 4.69) is 21.2 Å². The molecule has 3 nitrogen and oxygen atoms in total. The molecule has 0 spiro atoms. The summed E-state index contributed by atoms with van der Waals surface area (Å²) in [6, 6.07) is 4.36. The Balaban J connectivity index is 2.74. The number of benzene rings is 1. The lowest BCUT2D eigenvalue weighted by atomic mass is 10.1. The molecule has 17 heavy (non-hydrogen) atoms. The van der Waals surface area contributed by atoms with Gasteiger partial charge in [0, 0.05) is 16.9 Å². The first-order chi connectivity index (χ1) is 7.93. The number of hydrogen-bond acceptors (Lipinski definition) is 2. The molecule has 0 saturated carbocycles. The standard InChI is InChI=1S/C11H12BrFN2OS/c1-6(10(14)17)5-15-11(16)9-7(12)3-2-4-8(9)13/h2-4,6H,5H2,1H3,(H2,14,17)(H,15,16). The van der Waals surface area contributed by atoms with Gasteiger partial charge in [0.25, 0.3) is 5.91 Å². The molecule has 1 unspecified atom stereocenters. The van der Waals surface area contributed by atoms with Crippen LogP contribution in [0.4, 0.5) is 4.39 Å². The number of nitrogens with one attached hydrogen (secondary N) is 1. The zero-order chi connectivity index (χ0) is 13.0. The SMILES string of the molecule is CC(CNC(=O)c1c(F)cccc1Br)C(N)=S. The highest BCUT2D eigenvalue weighted by molar-refractivity contribution is 9.10. The summed E-state index contributed by atoms with van der Waals surface area (Å²) in [6.45, 7) is 2.08. The molecule has 1 aromatic rings. The third-order valence-corrected chi connectivity index (χ3v) is 3.31. The molecule has 6 heteroatoms. The van der Waals surface area contributed by atoms with Gasteiger partial charge in [0.15, 0.2) is 0 Å². The van der Waals surface area contributed by atoms with Gasteiger partial charge in [-0.25, -0.2) is 4.39 Å². The number of halogens is 2. The van der Waals surface area contributed by atoms with E-state index in [1.807, 2.05) is 0 Å². The quantitative estimate of drug-likeness (QED) is 0.837. The normalized spacial score (nSPS) is 11.9. The maximum Gasteiger partial charge on any atom is 0.255 e. The summed E-state index contributed by atoms with van der Waals surface area (Å²) in [7, 11) is 0. The molecule has 0 bridgehead atoms. The maximum atomic E-state index is 13.4. The van der Waals surface area contributed by atoms with Crippen molar-refractivity contribution in [2.45, 2.75) is 6.92 Å². The molecule has 92 valence electrons. The number of carbonyl (C=O) groups excluding carboxylic acids is 1. The summed E-state index contributed by atoms with van der Waals surface area (Å²) < 4.78 is 13.9. The van der Waals surface area contributed by atoms with Gasteiger partial charge in [-0.05, 0) is 28.1 Å². The number of carbonyl (C=O) groups is 1. The molecule has 1 amide bonds. The highest BCUT2D eigenvalue weighted by atomic mass is 79.9. The van der Waals surface area contributed by atoms with E-state index in [1.165, 1.54) is 12.1 Å². The second-order valence-corrected chi connectivity index (χ2v) is 4.94. The molecule has 0 aromatic heterocycles. The molecule has 1 aromatic carbocycles. The second kappa shape index (κ2) is 6.07. The van der Waals surface area contributed by atoms with Crippen LogP contribution in [0, 0.1) is 11.7 Å². The van der Waals surface area contributed by atoms with Gasteiger partial charge in [-0.1, -0.05) is 25.2 Å². The molecule has 0 fully saturated rings. The Hall–Kier alpha value is -1.01. The van der Waals surface area contributed by atoms with Crippen LogP contribution in [-0.4, -0.2) is 17.4 Å². The van der Waals surface area contributed by atoms with Crippen molar-refractivity contribution >= 4 is 39.0 Å². The van der Waals surface area contributed by atoms with E-state index >= 15 is 0 Å². The van der Waals surface area contributed by atoms with Gasteiger partial charge < -0.3 is 11.1 Å². The van der Waals surface area contributed by atoms with Crippen molar-refractivity contribution < 1.29 is 9.18 Å². The second-order valence-electron chi connectivity index (χ2n) is 3.61. The third kappa shape index (κ3) is 3.74. The summed E-state index contributed by atoms with van der Waals surface area (Å²) >= 11 is 7.91. The molecule has 1 rings (SSSR count). The maximum absolute atomic E-state index is 13.4. The predicted octanol–water partition coefficient (Wildman–Crippen LogP) is 2.24. The average Bonchev–Trinajstić information content (AvgIpc) is 2.25. The van der Waals surface area contributed by atoms with Crippen molar-refractivity contribution in [3.05, 3.63) is 34.1 Å². The molecule has 0 aliphatic rings. The fraction of sp³-hybridized carbons (Fsp3) is 0.273. The van der Waals surface area contributed by atoms with Crippen molar-refractivity contribution in [1.82, 2.24) is 5.32 Å². The van der Waals surface area contributed by atoms with Crippen LogP contribution in [0.5, 0.6) is 0 Å². The summed E-state index contributed by atoms with van der Waals surface area (Å²) in [5, 5.41) is 2.59. The summed E-state index contributed by atoms with van der Waals surface area (Å²) in [5.74, 6) is -1.18. The highest BCUT2D eigenvalue weighted by Crippen LogP contribution is 2.19. The fourth-order valence-corrected chi connectivity index (χ4v) is 1.75. The number of rotatable bonds is 4. The lowest BCUT2D eigenvalue weighted by molar-refractivity contribution is 0.0946. The van der Waals surface area contributed by atoms with Crippen molar-refractivity contribution in [2.24, 2.45) is 11.7 Å². The molecular formula is C11H12BrFN2OS. The topological polar surface area (TPSA) is 55.1 Å². The number of thiocarbonyl (C=S) groups is 1. The zero-order valence-electron chi connectivity index (χ0n) is 9.17. The van der Waals surface area contributed by atoms with Gasteiger partial charge in [-0.3, -0.25) is 4.79 Å². The Kier molecular flexibility index (Phi) is 5.02. The average molecular weight is 319 g/mol. The molecule has 0 aliphatic carbocycles. The van der Waals surface area contributed by atoms with E-state index in [9.17, 15) is 9.18 Å². The molecule has 1 atom stereocenters. The van der Waals surface area contributed by atoms with Crippen LogP contribution in [0.25, 0.3) is 0 Å². The van der Waals surface area contributed by atoms with E-state index in [-0.39, 0.29) is 18.0 Å². The minimum atomic E-state index is -0.570. The van der Waals surface area contributed by atoms with Crippen LogP contribution in [0.15, 0.2) is 22.7 Å². The van der Waals surface area contributed by atoms with E-state index in [0.29, 0.717) is 9.46 Å². The molecule has 0 saturated heterocycles. The Morgan fingerprint density at radius 3 is 2.82 bits per heavy atom. The van der Waals surface area contributed by atoms with Crippen LogP contribution in [0.3, 0.4) is 0 Å². The van der Waals surface area contributed by atoms with Crippen LogP contribution >= 0.6 is 28.1 Å². The van der Waals surface area contributed by atoms with Crippen molar-refractivity contribution in [3.63, 3.8) is 0 Å². The first kappa shape index (κ1) is 14.1. The Bertz CT molecular complexity index is 433. The largest absolute Gasteiger partial charge is 0.393 e. The highest BCUT2D eigenvalue weighted by Gasteiger charge is 2.16. The molecule has 3 N–H and O–H groups in total. The minimum absolute atomic E-state index is 0.0114. The summed E-state index contributed by atoms with van der Waals surface area (Å²) in [6.07, 6.45) is 0. The number of nitrogens with two attached hydrogens (primary N) is 1. The Morgan fingerprint density at radius 2 is 2.29 bits per heavy atom. The summed E-state index contributed by atoms with van der Waals surface area (Å²) in [4.78, 5) is 12.1. The van der Waals surface area contributed by atoms with Crippen LogP contribution in [0.1, 0.15) is 17.3 Å². The van der Waals surface area contributed by atoms with Crippen molar-refractivity contribution in [2.75, 3.05) is 6.54 Å². The first-order valence-electron chi connectivity index (χ1n) is 4.95. The third-order valence-electron chi connectivity index (χ3n) is 2.24. The molecule has 0 heterocycles. The van der Waals surface area contributed by atoms with Gasteiger partial charge in [-0.2, -0.15) is 0 Å². The molecule has 0 radical (unpaired) electrons. The van der Waals surface area contributed by atoms with Gasteiger partial charge in [-0.15, -0.1) is 0 Å². The number of amides is 1. The van der Waals surface area contributed by atoms with Gasteiger partial charge in [0.1, 0.15) is 5.82 Å². The predicted molar refractivity (Wildman–Crippen MR) is 72.4 cm³/mol. The lowest BCUT2D eigenvalue weighted by Gasteiger charge is -2.12. The van der Waals surface area contributed by atoms with E-state index in [1.54, 1.807) is 13.0 Å². The Morgan fingerprint density at radius 1 is 1.65 bits per heavy atom. The van der Waals surface area contributed by atoms with E-state index in [0.717, 1.165) is 0 Å². The van der Waals surface area contributed by atoms with Gasteiger partial charge >= 0.3 is 0 Å². The van der Waals surface area contributed by atoms with Crippen LogP contribution in [0.2, 0.25) is 0 Å². The van der Waals surface area contributed by atoms with E-state index < -0.39 is 11.7 Å². The van der Waals surface area contributed by atoms with Crippen molar-refractivity contribution in [3.8, 4) is 0 Å². The summed E-state index contributed by atoms with van der Waals surface area (Å²) in [5.41, 5.74) is 5.41. The smallest absolute Gasteiger partial charge is 0.255 e. The zero-order valence-corrected chi connectivity index (χ0v) is 11.6. The minimum Gasteiger partial charge on any atom is -0.393 e. The van der Waals surface area contributed by atoms with Gasteiger partial charge in [0.2, 0.25) is 0 Å². The van der Waals surface area contributed by atoms with Gasteiger partial charge in [0.05, 0.1) is 10.6 Å². The van der Waals surface area contributed by atoms with Crippen LogP contribution < -0.4 is 11.1 Å². The lowest BCUT2D eigenvalue weighted by Crippen LogP contribution is -2.34. The molecule has 0 aliphatic heterocycles. The first-order valence-corrected chi connectivity index (χ1v) is 6.15. The van der Waals surface area contributed by atoms with Crippen LogP contribution in [-0.2, 0) is 0 Å². The van der Waals surface area contributed by atoms with Crippen molar-refractivity contribution in [1.29, 1.82) is 0 Å². The molecular weight excluding hydrogens is 307 g/mol. The fourth-order valence-electron chi connectivity index (χ4n) is 1.15.